The largest absolute Gasteiger partial charge is 0.466 e. The molecule has 2 bridgehead atoms. The molecule has 0 radical (unpaired) electrons. The van der Waals surface area contributed by atoms with Gasteiger partial charge in [-0.1, -0.05) is 13.8 Å². The second kappa shape index (κ2) is 7.00. The first-order valence-electron chi connectivity index (χ1n) is 9.40. The van der Waals surface area contributed by atoms with Gasteiger partial charge >= 0.3 is 5.97 Å². The van der Waals surface area contributed by atoms with Gasteiger partial charge < -0.3 is 9.64 Å². The molecule has 6 nitrogen and oxygen atoms in total. The Balaban J connectivity index is 1.72. The SMILES string of the molecule is CCOC(=O)C1(C(C)C)CCN(C(=O)C2CN3CCCN2CC3)C1. The third-order valence-corrected chi connectivity index (χ3v) is 6.18. The molecule has 0 spiro atoms. The maximum absolute atomic E-state index is 13.1. The monoisotopic (exact) mass is 337 g/mol. The summed E-state index contributed by atoms with van der Waals surface area (Å²) in [5.74, 6) is 0.235. The molecule has 4 unspecified atom stereocenters. The summed E-state index contributed by atoms with van der Waals surface area (Å²) in [6.07, 6.45) is 1.86. The molecule has 24 heavy (non-hydrogen) atoms. The number of carbonyl (C=O) groups excluding carboxylic acids is 2. The number of carbonyl (C=O) groups is 2. The normalized spacial score (nSPS) is 36.0. The highest BCUT2D eigenvalue weighted by molar-refractivity contribution is 5.85. The molecule has 4 rings (SSSR count). The number of amides is 1. The summed E-state index contributed by atoms with van der Waals surface area (Å²) in [6.45, 7) is 12.5. The third-order valence-electron chi connectivity index (χ3n) is 6.18. The first kappa shape index (κ1) is 17.7. The maximum atomic E-state index is 13.1. The van der Waals surface area contributed by atoms with Crippen LogP contribution in [0.3, 0.4) is 0 Å². The average molecular weight is 337 g/mol. The van der Waals surface area contributed by atoms with Gasteiger partial charge in [-0.3, -0.25) is 19.4 Å². The fraction of sp³-hybridized carbons (Fsp3) is 0.889. The summed E-state index contributed by atoms with van der Waals surface area (Å²) in [4.78, 5) is 32.4. The number of nitrogens with zero attached hydrogens (tertiary/aromatic N) is 3. The average Bonchev–Trinajstić information content (AvgIpc) is 2.78. The van der Waals surface area contributed by atoms with Crippen LogP contribution in [0.25, 0.3) is 0 Å². The van der Waals surface area contributed by atoms with Crippen molar-refractivity contribution in [1.29, 1.82) is 0 Å². The summed E-state index contributed by atoms with van der Waals surface area (Å²) in [5, 5.41) is 0. The predicted octanol–water partition coefficient (Wildman–Crippen LogP) is 0.814. The first-order chi connectivity index (χ1) is 11.5. The van der Waals surface area contributed by atoms with Crippen LogP contribution < -0.4 is 0 Å². The van der Waals surface area contributed by atoms with Crippen molar-refractivity contribution < 1.29 is 14.3 Å². The number of ether oxygens (including phenoxy) is 1. The van der Waals surface area contributed by atoms with Gasteiger partial charge in [-0.15, -0.1) is 0 Å². The Morgan fingerprint density at radius 1 is 1.17 bits per heavy atom. The Bertz CT molecular complexity index is 492. The van der Waals surface area contributed by atoms with Gasteiger partial charge in [-0.05, 0) is 32.2 Å². The molecule has 6 heteroatoms. The van der Waals surface area contributed by atoms with Crippen molar-refractivity contribution in [2.45, 2.75) is 39.7 Å². The van der Waals surface area contributed by atoms with Crippen LogP contribution in [0.5, 0.6) is 0 Å². The van der Waals surface area contributed by atoms with Crippen molar-refractivity contribution in [2.24, 2.45) is 11.3 Å². The smallest absolute Gasteiger partial charge is 0.314 e. The predicted molar refractivity (Wildman–Crippen MR) is 91.5 cm³/mol. The van der Waals surface area contributed by atoms with E-state index in [0.717, 1.165) is 39.1 Å². The number of fused-ring (bicyclic) bond motifs is 4. The van der Waals surface area contributed by atoms with Gasteiger partial charge in [0.15, 0.2) is 0 Å². The van der Waals surface area contributed by atoms with Crippen LogP contribution in [-0.4, -0.2) is 85.0 Å². The summed E-state index contributed by atoms with van der Waals surface area (Å²) in [5.41, 5.74) is -0.537. The number of esters is 1. The van der Waals surface area contributed by atoms with Gasteiger partial charge in [0.2, 0.25) is 5.91 Å². The number of piperazine rings is 1. The standard InChI is InChI=1S/C18H31N3O3/c1-4-24-17(23)18(14(2)3)6-9-21(13-18)16(22)15-12-19-7-5-8-20(15)11-10-19/h14-15H,4-13H2,1-3H3. The van der Waals surface area contributed by atoms with Gasteiger partial charge in [0.05, 0.1) is 12.0 Å². The quantitative estimate of drug-likeness (QED) is 0.711. The van der Waals surface area contributed by atoms with Gasteiger partial charge in [0, 0.05) is 39.3 Å². The lowest BCUT2D eigenvalue weighted by Gasteiger charge is -2.38. The van der Waals surface area contributed by atoms with Gasteiger partial charge in [-0.25, -0.2) is 0 Å². The van der Waals surface area contributed by atoms with E-state index in [1.165, 1.54) is 0 Å². The third kappa shape index (κ3) is 3.06. The highest BCUT2D eigenvalue weighted by atomic mass is 16.5. The van der Waals surface area contributed by atoms with Gasteiger partial charge in [0.1, 0.15) is 6.04 Å². The second-order valence-electron chi connectivity index (χ2n) is 7.75. The number of hydrogen-bond donors (Lipinski definition) is 0. The van der Waals surface area contributed by atoms with Crippen LogP contribution in [0.4, 0.5) is 0 Å². The molecule has 0 N–H and O–H groups in total. The lowest BCUT2D eigenvalue weighted by molar-refractivity contribution is -0.158. The van der Waals surface area contributed by atoms with Crippen molar-refractivity contribution in [1.82, 2.24) is 14.7 Å². The Morgan fingerprint density at radius 3 is 2.67 bits per heavy atom. The van der Waals surface area contributed by atoms with E-state index < -0.39 is 5.41 Å². The Hall–Kier alpha value is -1.14. The van der Waals surface area contributed by atoms with E-state index in [0.29, 0.717) is 26.1 Å². The minimum atomic E-state index is -0.537. The second-order valence-corrected chi connectivity index (χ2v) is 7.75. The van der Waals surface area contributed by atoms with Gasteiger partial charge in [0.25, 0.3) is 0 Å². The zero-order chi connectivity index (χ0) is 17.3. The fourth-order valence-electron chi connectivity index (χ4n) is 4.46. The van der Waals surface area contributed by atoms with Crippen molar-refractivity contribution in [2.75, 3.05) is 52.4 Å². The zero-order valence-electron chi connectivity index (χ0n) is 15.3. The molecular formula is C18H31N3O3. The molecule has 4 aliphatic rings. The molecule has 1 amide bonds. The molecule has 4 atom stereocenters. The molecule has 0 aromatic carbocycles. The summed E-state index contributed by atoms with van der Waals surface area (Å²) in [6, 6.07) is -0.0357. The van der Waals surface area contributed by atoms with Crippen molar-refractivity contribution in [3.8, 4) is 0 Å². The molecule has 4 heterocycles. The van der Waals surface area contributed by atoms with E-state index in [-0.39, 0.29) is 23.8 Å². The lowest BCUT2D eigenvalue weighted by Crippen LogP contribution is -2.57. The van der Waals surface area contributed by atoms with Gasteiger partial charge in [-0.2, -0.15) is 0 Å². The maximum Gasteiger partial charge on any atom is 0.314 e. The fourth-order valence-corrected chi connectivity index (χ4v) is 4.46. The topological polar surface area (TPSA) is 53.1 Å². The Morgan fingerprint density at radius 2 is 1.96 bits per heavy atom. The van der Waals surface area contributed by atoms with E-state index >= 15 is 0 Å². The molecule has 0 saturated carbocycles. The summed E-state index contributed by atoms with van der Waals surface area (Å²) >= 11 is 0. The number of likely N-dealkylation sites (tertiary alicyclic amines) is 1. The van der Waals surface area contributed by atoms with Crippen molar-refractivity contribution >= 4 is 11.9 Å². The van der Waals surface area contributed by atoms with E-state index in [1.807, 2.05) is 11.8 Å². The molecule has 4 fully saturated rings. The molecule has 0 aromatic heterocycles. The number of hydrogen-bond acceptors (Lipinski definition) is 5. The Labute approximate surface area is 145 Å². The van der Waals surface area contributed by atoms with Crippen LogP contribution in [0.1, 0.15) is 33.6 Å². The molecule has 4 saturated heterocycles. The van der Waals surface area contributed by atoms with E-state index in [1.54, 1.807) is 0 Å². The first-order valence-corrected chi connectivity index (χ1v) is 9.40. The van der Waals surface area contributed by atoms with E-state index in [4.69, 9.17) is 4.74 Å². The molecular weight excluding hydrogens is 306 g/mol. The van der Waals surface area contributed by atoms with Crippen LogP contribution >= 0.6 is 0 Å². The molecule has 0 aromatic rings. The van der Waals surface area contributed by atoms with Crippen molar-refractivity contribution in [3.05, 3.63) is 0 Å². The van der Waals surface area contributed by atoms with Crippen molar-refractivity contribution in [3.63, 3.8) is 0 Å². The minimum Gasteiger partial charge on any atom is -0.466 e. The molecule has 136 valence electrons. The molecule has 4 aliphatic heterocycles. The van der Waals surface area contributed by atoms with Crippen LogP contribution in [0.2, 0.25) is 0 Å². The van der Waals surface area contributed by atoms with Crippen LogP contribution in [-0.2, 0) is 14.3 Å². The highest BCUT2D eigenvalue weighted by Gasteiger charge is 2.50. The summed E-state index contributed by atoms with van der Waals surface area (Å²) in [7, 11) is 0. The summed E-state index contributed by atoms with van der Waals surface area (Å²) < 4.78 is 5.34. The highest BCUT2D eigenvalue weighted by Crippen LogP contribution is 2.39. The Kier molecular flexibility index (Phi) is 5.16. The van der Waals surface area contributed by atoms with E-state index in [9.17, 15) is 9.59 Å². The zero-order valence-corrected chi connectivity index (χ0v) is 15.3. The van der Waals surface area contributed by atoms with Crippen LogP contribution in [0.15, 0.2) is 0 Å². The lowest BCUT2D eigenvalue weighted by atomic mass is 9.76. The number of rotatable bonds is 4. The minimum absolute atomic E-state index is 0.0357. The van der Waals surface area contributed by atoms with Crippen LogP contribution in [0, 0.1) is 11.3 Å². The van der Waals surface area contributed by atoms with E-state index in [2.05, 4.69) is 23.6 Å². The molecule has 0 aliphatic carbocycles.